The summed E-state index contributed by atoms with van der Waals surface area (Å²) in [7, 11) is 0. The molecule has 0 saturated carbocycles. The van der Waals surface area contributed by atoms with Gasteiger partial charge in [0.05, 0.1) is 6.42 Å². The van der Waals surface area contributed by atoms with Crippen LogP contribution in [-0.2, 0) is 19.1 Å². The Morgan fingerprint density at radius 3 is 1.90 bits per heavy atom. The Balaban J connectivity index is 4.53. The van der Waals surface area contributed by atoms with Crippen molar-refractivity contribution in [3.05, 3.63) is 0 Å². The smallest absolute Gasteiger partial charge is 0.408 e. The highest BCUT2D eigenvalue weighted by Gasteiger charge is 2.24. The number of carboxylic acids is 1. The van der Waals surface area contributed by atoms with E-state index in [4.69, 9.17) is 14.6 Å². The molecule has 0 aliphatic rings. The van der Waals surface area contributed by atoms with Gasteiger partial charge in [-0.05, 0) is 60.8 Å². The number of rotatable bonds is 10. The minimum atomic E-state index is -1.03. The fourth-order valence-corrected chi connectivity index (χ4v) is 2.11. The molecule has 29 heavy (non-hydrogen) atoms. The summed E-state index contributed by atoms with van der Waals surface area (Å²) in [5.41, 5.74) is -1.30. The number of unbranched alkanes of at least 4 members (excludes halogenated alkanes) is 1. The van der Waals surface area contributed by atoms with Crippen molar-refractivity contribution in [1.82, 2.24) is 16.0 Å². The van der Waals surface area contributed by atoms with Gasteiger partial charge in [-0.25, -0.2) is 9.59 Å². The van der Waals surface area contributed by atoms with Crippen LogP contribution in [0.3, 0.4) is 0 Å². The zero-order chi connectivity index (χ0) is 22.7. The van der Waals surface area contributed by atoms with Crippen LogP contribution in [0.25, 0.3) is 0 Å². The SMILES string of the molecule is CC(C)(C)OC(=O)NCCCCC(NC(=O)OC(C)(C)C)C(=O)NCCC(=O)O. The van der Waals surface area contributed by atoms with E-state index in [1.165, 1.54) is 0 Å². The van der Waals surface area contributed by atoms with Gasteiger partial charge in [-0.3, -0.25) is 9.59 Å². The molecule has 0 aromatic rings. The average molecular weight is 418 g/mol. The highest BCUT2D eigenvalue weighted by atomic mass is 16.6. The third-order valence-corrected chi connectivity index (χ3v) is 3.23. The minimum absolute atomic E-state index is 0.0408. The van der Waals surface area contributed by atoms with Gasteiger partial charge < -0.3 is 30.5 Å². The third-order valence-electron chi connectivity index (χ3n) is 3.23. The van der Waals surface area contributed by atoms with Gasteiger partial charge in [0.25, 0.3) is 0 Å². The molecule has 1 atom stereocenters. The van der Waals surface area contributed by atoms with Crippen molar-refractivity contribution in [2.24, 2.45) is 0 Å². The van der Waals surface area contributed by atoms with Crippen molar-refractivity contribution < 1.29 is 33.8 Å². The van der Waals surface area contributed by atoms with Gasteiger partial charge in [-0.2, -0.15) is 0 Å². The summed E-state index contributed by atoms with van der Waals surface area (Å²) in [6, 6.07) is -0.875. The first-order valence-electron chi connectivity index (χ1n) is 9.65. The molecule has 0 fully saturated rings. The van der Waals surface area contributed by atoms with E-state index in [9.17, 15) is 19.2 Å². The molecular weight excluding hydrogens is 382 g/mol. The quantitative estimate of drug-likeness (QED) is 0.399. The number of carbonyl (C=O) groups is 4. The predicted molar refractivity (Wildman–Crippen MR) is 107 cm³/mol. The molecule has 0 aromatic heterocycles. The lowest BCUT2D eigenvalue weighted by atomic mass is 10.1. The predicted octanol–water partition coefficient (Wildman–Crippen LogP) is 2.17. The third kappa shape index (κ3) is 16.2. The number of amides is 3. The van der Waals surface area contributed by atoms with Crippen LogP contribution in [0.15, 0.2) is 0 Å². The van der Waals surface area contributed by atoms with Gasteiger partial charge in [0.1, 0.15) is 17.2 Å². The van der Waals surface area contributed by atoms with Crippen LogP contribution in [-0.4, -0.2) is 59.5 Å². The summed E-state index contributed by atoms with van der Waals surface area (Å²) < 4.78 is 10.3. The average Bonchev–Trinajstić information content (AvgIpc) is 2.49. The second-order valence-electron chi connectivity index (χ2n) is 8.56. The molecule has 0 aromatic carbocycles. The second kappa shape index (κ2) is 12.1. The molecule has 0 heterocycles. The second-order valence-corrected chi connectivity index (χ2v) is 8.56. The van der Waals surface area contributed by atoms with Crippen LogP contribution in [0.5, 0.6) is 0 Å². The van der Waals surface area contributed by atoms with E-state index in [1.54, 1.807) is 41.5 Å². The van der Waals surface area contributed by atoms with E-state index in [0.29, 0.717) is 25.8 Å². The van der Waals surface area contributed by atoms with Crippen LogP contribution in [0.2, 0.25) is 0 Å². The first-order valence-corrected chi connectivity index (χ1v) is 9.65. The Kier molecular flexibility index (Phi) is 11.1. The Labute approximate surface area is 172 Å². The number of aliphatic carboxylic acids is 1. The molecule has 0 aliphatic carbocycles. The first kappa shape index (κ1) is 26.5. The van der Waals surface area contributed by atoms with E-state index in [2.05, 4.69) is 16.0 Å². The van der Waals surface area contributed by atoms with E-state index in [1.807, 2.05) is 0 Å². The fourth-order valence-electron chi connectivity index (χ4n) is 2.11. The summed E-state index contributed by atoms with van der Waals surface area (Å²) in [5.74, 6) is -1.52. The lowest BCUT2D eigenvalue weighted by Crippen LogP contribution is -2.48. The van der Waals surface area contributed by atoms with Crippen LogP contribution >= 0.6 is 0 Å². The van der Waals surface area contributed by atoms with E-state index >= 15 is 0 Å². The molecule has 1 unspecified atom stereocenters. The Morgan fingerprint density at radius 1 is 0.828 bits per heavy atom. The fraction of sp³-hybridized carbons (Fsp3) is 0.789. The maximum atomic E-state index is 12.3. The lowest BCUT2D eigenvalue weighted by molar-refractivity contribution is -0.137. The summed E-state index contributed by atoms with van der Waals surface area (Å²) in [6.07, 6.45) is -0.0783. The maximum absolute atomic E-state index is 12.3. The molecule has 0 bridgehead atoms. The zero-order valence-corrected chi connectivity index (χ0v) is 18.2. The lowest BCUT2D eigenvalue weighted by Gasteiger charge is -2.23. The number of carbonyl (C=O) groups excluding carboxylic acids is 3. The highest BCUT2D eigenvalue weighted by Crippen LogP contribution is 2.09. The van der Waals surface area contributed by atoms with Crippen LogP contribution < -0.4 is 16.0 Å². The van der Waals surface area contributed by atoms with E-state index < -0.39 is 41.3 Å². The van der Waals surface area contributed by atoms with Crippen molar-refractivity contribution in [1.29, 1.82) is 0 Å². The number of nitrogens with one attached hydrogen (secondary N) is 3. The van der Waals surface area contributed by atoms with Crippen molar-refractivity contribution >= 4 is 24.1 Å². The van der Waals surface area contributed by atoms with Crippen LogP contribution in [0, 0.1) is 0 Å². The summed E-state index contributed by atoms with van der Waals surface area (Å²) >= 11 is 0. The summed E-state index contributed by atoms with van der Waals surface area (Å²) in [5, 5.41) is 16.3. The minimum Gasteiger partial charge on any atom is -0.481 e. The number of hydrogen-bond donors (Lipinski definition) is 4. The molecule has 10 nitrogen and oxygen atoms in total. The number of ether oxygens (including phenoxy) is 2. The van der Waals surface area contributed by atoms with E-state index in [0.717, 1.165) is 0 Å². The monoisotopic (exact) mass is 417 g/mol. The molecule has 10 heteroatoms. The van der Waals surface area contributed by atoms with E-state index in [-0.39, 0.29) is 13.0 Å². The maximum Gasteiger partial charge on any atom is 0.408 e. The number of alkyl carbamates (subject to hydrolysis) is 2. The molecular formula is C19H35N3O7. The molecule has 168 valence electrons. The zero-order valence-electron chi connectivity index (χ0n) is 18.2. The highest BCUT2D eigenvalue weighted by molar-refractivity contribution is 5.85. The van der Waals surface area contributed by atoms with Gasteiger partial charge >= 0.3 is 18.2 Å². The Bertz CT molecular complexity index is 565. The molecule has 0 rings (SSSR count). The van der Waals surface area contributed by atoms with Gasteiger partial charge in [-0.1, -0.05) is 0 Å². The van der Waals surface area contributed by atoms with Crippen molar-refractivity contribution in [3.8, 4) is 0 Å². The largest absolute Gasteiger partial charge is 0.481 e. The molecule has 4 N–H and O–H groups in total. The number of hydrogen-bond acceptors (Lipinski definition) is 6. The normalized spacial score (nSPS) is 12.5. The topological polar surface area (TPSA) is 143 Å². The molecule has 0 spiro atoms. The van der Waals surface area contributed by atoms with Crippen molar-refractivity contribution in [2.45, 2.75) is 84.5 Å². The summed E-state index contributed by atoms with van der Waals surface area (Å²) in [6.45, 7) is 10.7. The van der Waals surface area contributed by atoms with Crippen molar-refractivity contribution in [2.75, 3.05) is 13.1 Å². The van der Waals surface area contributed by atoms with Gasteiger partial charge in [0.2, 0.25) is 5.91 Å². The van der Waals surface area contributed by atoms with Crippen LogP contribution in [0.4, 0.5) is 9.59 Å². The molecule has 3 amide bonds. The standard InChI is InChI=1S/C19H35N3O7/c1-18(2,3)28-16(26)21-11-8-7-9-13(15(25)20-12-10-14(23)24)22-17(27)29-19(4,5)6/h13H,7-12H2,1-6H3,(H,20,25)(H,21,26)(H,22,27)(H,23,24). The Hall–Kier alpha value is -2.52. The first-order chi connectivity index (χ1) is 13.2. The van der Waals surface area contributed by atoms with Crippen LogP contribution in [0.1, 0.15) is 67.2 Å². The molecule has 0 radical (unpaired) electrons. The number of carboxylic acid groups (broad SMARTS) is 1. The molecule has 0 aliphatic heterocycles. The summed E-state index contributed by atoms with van der Waals surface area (Å²) in [4.78, 5) is 46.5. The Morgan fingerprint density at radius 2 is 1.38 bits per heavy atom. The van der Waals surface area contributed by atoms with Crippen molar-refractivity contribution in [3.63, 3.8) is 0 Å². The van der Waals surface area contributed by atoms with Gasteiger partial charge in [0, 0.05) is 13.1 Å². The van der Waals surface area contributed by atoms with Gasteiger partial charge in [-0.15, -0.1) is 0 Å². The van der Waals surface area contributed by atoms with Gasteiger partial charge in [0.15, 0.2) is 0 Å². The molecule has 0 saturated heterocycles.